The van der Waals surface area contributed by atoms with Crippen LogP contribution in [-0.2, 0) is 0 Å². The topological polar surface area (TPSA) is 91.4 Å². The van der Waals surface area contributed by atoms with Crippen molar-refractivity contribution in [3.8, 4) is 0 Å². The number of aliphatic hydroxyl groups excluding tert-OH is 1. The molecule has 3 N–H and O–H groups in total. The Balaban J connectivity index is 2.64. The highest BCUT2D eigenvalue weighted by atomic mass is 16.2. The summed E-state index contributed by atoms with van der Waals surface area (Å²) in [4.78, 5) is 16.2. The van der Waals surface area contributed by atoms with Crippen LogP contribution in [0, 0.1) is 0 Å². The van der Waals surface area contributed by atoms with Crippen molar-refractivity contribution in [1.29, 1.82) is 0 Å². The minimum Gasteiger partial charge on any atom is -0.396 e. The van der Waals surface area contributed by atoms with Gasteiger partial charge in [0.2, 0.25) is 17.8 Å². The average Bonchev–Trinajstić information content (AvgIpc) is 2.33. The fraction of sp³-hybridized carbons (Fsp3) is 0.727. The molecular weight excluding hydrogens is 232 g/mol. The number of unbranched alkanes of at least 4 members (excludes halogenated alkanes) is 2. The molecule has 7 heteroatoms. The fourth-order valence-corrected chi connectivity index (χ4v) is 1.48. The van der Waals surface area contributed by atoms with Gasteiger partial charge in [-0.05, 0) is 19.3 Å². The lowest BCUT2D eigenvalue weighted by molar-refractivity contribution is 0.283. The van der Waals surface area contributed by atoms with E-state index < -0.39 is 0 Å². The van der Waals surface area contributed by atoms with Crippen molar-refractivity contribution < 1.29 is 5.11 Å². The molecule has 0 amide bonds. The molecule has 0 spiro atoms. The van der Waals surface area contributed by atoms with Crippen molar-refractivity contribution in [2.24, 2.45) is 0 Å². The Labute approximate surface area is 108 Å². The van der Waals surface area contributed by atoms with Gasteiger partial charge < -0.3 is 20.6 Å². The number of rotatable bonds is 7. The standard InChI is InChI=1S/C11H22N6O/c1-16(2)10-13-9(12)14-11(15-10)17(3)7-5-4-6-8-18/h18H,4-8H2,1-3H3,(H2,12,13,14,15). The van der Waals surface area contributed by atoms with E-state index in [0.29, 0.717) is 11.9 Å². The summed E-state index contributed by atoms with van der Waals surface area (Å²) in [6.45, 7) is 1.07. The molecule has 1 aromatic heterocycles. The van der Waals surface area contributed by atoms with E-state index in [1.54, 1.807) is 4.90 Å². The van der Waals surface area contributed by atoms with Gasteiger partial charge in [0.25, 0.3) is 0 Å². The van der Waals surface area contributed by atoms with E-state index in [1.165, 1.54) is 0 Å². The molecular formula is C11H22N6O. The van der Waals surface area contributed by atoms with Gasteiger partial charge in [-0.2, -0.15) is 15.0 Å². The van der Waals surface area contributed by atoms with Gasteiger partial charge in [0.05, 0.1) is 0 Å². The predicted octanol–water partition coefficient (Wildman–Crippen LogP) is 0.119. The molecule has 102 valence electrons. The Morgan fingerprint density at radius 1 is 1.00 bits per heavy atom. The lowest BCUT2D eigenvalue weighted by Crippen LogP contribution is -2.24. The summed E-state index contributed by atoms with van der Waals surface area (Å²) in [5.41, 5.74) is 5.66. The fourth-order valence-electron chi connectivity index (χ4n) is 1.48. The number of nitrogens with zero attached hydrogens (tertiary/aromatic N) is 5. The van der Waals surface area contributed by atoms with Gasteiger partial charge in [-0.25, -0.2) is 0 Å². The molecule has 1 heterocycles. The third-order valence-corrected chi connectivity index (χ3v) is 2.52. The Bertz CT molecular complexity index is 371. The SMILES string of the molecule is CN(C)c1nc(N)nc(N(C)CCCCCO)n1. The third-order valence-electron chi connectivity index (χ3n) is 2.52. The molecule has 0 saturated heterocycles. The second kappa shape index (κ2) is 6.95. The van der Waals surface area contributed by atoms with Crippen LogP contribution in [0.4, 0.5) is 17.8 Å². The van der Waals surface area contributed by atoms with Crippen LogP contribution in [0.25, 0.3) is 0 Å². The van der Waals surface area contributed by atoms with Gasteiger partial charge in [-0.15, -0.1) is 0 Å². The first kappa shape index (κ1) is 14.4. The van der Waals surface area contributed by atoms with Crippen LogP contribution in [0.1, 0.15) is 19.3 Å². The quantitative estimate of drug-likeness (QED) is 0.668. The second-order valence-electron chi connectivity index (χ2n) is 4.39. The summed E-state index contributed by atoms with van der Waals surface area (Å²) < 4.78 is 0. The third kappa shape index (κ3) is 4.33. The van der Waals surface area contributed by atoms with Gasteiger partial charge in [0.1, 0.15) is 0 Å². The summed E-state index contributed by atoms with van der Waals surface area (Å²) in [7, 11) is 5.65. The largest absolute Gasteiger partial charge is 0.396 e. The minimum atomic E-state index is 0.228. The Morgan fingerprint density at radius 2 is 1.67 bits per heavy atom. The highest BCUT2D eigenvalue weighted by Crippen LogP contribution is 2.12. The molecule has 0 fully saturated rings. The molecule has 0 saturated carbocycles. The van der Waals surface area contributed by atoms with Crippen molar-refractivity contribution in [2.45, 2.75) is 19.3 Å². The molecule has 0 bridgehead atoms. The molecule has 18 heavy (non-hydrogen) atoms. The molecule has 0 radical (unpaired) electrons. The monoisotopic (exact) mass is 254 g/mol. The maximum absolute atomic E-state index is 8.71. The van der Waals surface area contributed by atoms with Crippen LogP contribution in [0.15, 0.2) is 0 Å². The maximum Gasteiger partial charge on any atom is 0.231 e. The smallest absolute Gasteiger partial charge is 0.231 e. The number of nitrogens with two attached hydrogens (primary N) is 1. The Kier molecular flexibility index (Phi) is 5.57. The molecule has 0 aromatic carbocycles. The normalized spacial score (nSPS) is 10.4. The first-order chi connectivity index (χ1) is 8.54. The molecule has 7 nitrogen and oxygen atoms in total. The second-order valence-corrected chi connectivity index (χ2v) is 4.39. The van der Waals surface area contributed by atoms with Crippen LogP contribution < -0.4 is 15.5 Å². The Hall–Kier alpha value is -1.63. The summed E-state index contributed by atoms with van der Waals surface area (Å²) >= 11 is 0. The van der Waals surface area contributed by atoms with Crippen LogP contribution in [0.3, 0.4) is 0 Å². The van der Waals surface area contributed by atoms with Crippen molar-refractivity contribution in [3.05, 3.63) is 0 Å². The summed E-state index contributed by atoms with van der Waals surface area (Å²) in [5, 5.41) is 8.71. The lowest BCUT2D eigenvalue weighted by atomic mass is 10.2. The van der Waals surface area contributed by atoms with E-state index in [9.17, 15) is 0 Å². The van der Waals surface area contributed by atoms with E-state index in [4.69, 9.17) is 10.8 Å². The predicted molar refractivity (Wildman–Crippen MR) is 72.8 cm³/mol. The van der Waals surface area contributed by atoms with Crippen molar-refractivity contribution in [2.75, 3.05) is 49.8 Å². The highest BCUT2D eigenvalue weighted by Gasteiger charge is 2.09. The van der Waals surface area contributed by atoms with Crippen LogP contribution in [-0.4, -0.2) is 54.4 Å². The van der Waals surface area contributed by atoms with Crippen molar-refractivity contribution in [3.63, 3.8) is 0 Å². The molecule has 0 atom stereocenters. The van der Waals surface area contributed by atoms with Gasteiger partial charge in [-0.3, -0.25) is 0 Å². The molecule has 0 aliphatic rings. The molecule has 1 aromatic rings. The van der Waals surface area contributed by atoms with E-state index >= 15 is 0 Å². The number of hydrogen-bond acceptors (Lipinski definition) is 7. The molecule has 0 aliphatic heterocycles. The zero-order valence-corrected chi connectivity index (χ0v) is 11.3. The average molecular weight is 254 g/mol. The number of nitrogen functional groups attached to an aromatic ring is 1. The van der Waals surface area contributed by atoms with E-state index in [1.807, 2.05) is 26.0 Å². The van der Waals surface area contributed by atoms with Crippen molar-refractivity contribution in [1.82, 2.24) is 15.0 Å². The van der Waals surface area contributed by atoms with Crippen LogP contribution in [0.5, 0.6) is 0 Å². The zero-order valence-electron chi connectivity index (χ0n) is 11.3. The number of hydrogen-bond donors (Lipinski definition) is 2. The van der Waals surface area contributed by atoms with Gasteiger partial charge in [-0.1, -0.05) is 0 Å². The van der Waals surface area contributed by atoms with Gasteiger partial charge >= 0.3 is 0 Å². The zero-order chi connectivity index (χ0) is 13.5. The number of aliphatic hydroxyl groups is 1. The lowest BCUT2D eigenvalue weighted by Gasteiger charge is -2.19. The number of anilines is 3. The van der Waals surface area contributed by atoms with E-state index in [0.717, 1.165) is 25.8 Å². The maximum atomic E-state index is 8.71. The van der Waals surface area contributed by atoms with Gasteiger partial charge in [0, 0.05) is 34.3 Å². The summed E-state index contributed by atoms with van der Waals surface area (Å²) in [5.74, 6) is 1.36. The van der Waals surface area contributed by atoms with Crippen LogP contribution in [0.2, 0.25) is 0 Å². The summed E-state index contributed by atoms with van der Waals surface area (Å²) in [6, 6.07) is 0. The minimum absolute atomic E-state index is 0.228. The van der Waals surface area contributed by atoms with Crippen molar-refractivity contribution >= 4 is 17.8 Å². The highest BCUT2D eigenvalue weighted by molar-refractivity contribution is 5.41. The van der Waals surface area contributed by atoms with E-state index in [2.05, 4.69) is 15.0 Å². The van der Waals surface area contributed by atoms with Gasteiger partial charge in [0.15, 0.2) is 0 Å². The number of aromatic nitrogens is 3. The molecule has 1 rings (SSSR count). The first-order valence-corrected chi connectivity index (χ1v) is 6.05. The van der Waals surface area contributed by atoms with E-state index in [-0.39, 0.29) is 12.6 Å². The van der Waals surface area contributed by atoms with Crippen LogP contribution >= 0.6 is 0 Å². The Morgan fingerprint density at radius 3 is 2.28 bits per heavy atom. The molecule has 0 aliphatic carbocycles. The summed E-state index contributed by atoms with van der Waals surface area (Å²) in [6.07, 6.45) is 2.80. The molecule has 0 unspecified atom stereocenters. The first-order valence-electron chi connectivity index (χ1n) is 6.05.